The van der Waals surface area contributed by atoms with Crippen molar-refractivity contribution in [1.82, 2.24) is 9.62 Å². The fourth-order valence-electron chi connectivity index (χ4n) is 3.92. The minimum atomic E-state index is -3.61. The van der Waals surface area contributed by atoms with Crippen molar-refractivity contribution < 1.29 is 27.1 Å². The smallest absolute Gasteiger partial charge is 0.255 e. The zero-order chi connectivity index (χ0) is 24.8. The van der Waals surface area contributed by atoms with Crippen LogP contribution in [-0.4, -0.2) is 44.9 Å². The Morgan fingerprint density at radius 1 is 1.00 bits per heavy atom. The highest BCUT2D eigenvalue weighted by Crippen LogP contribution is 2.24. The topological polar surface area (TPSA) is 84.9 Å². The Morgan fingerprint density at radius 3 is 2.31 bits per heavy atom. The highest BCUT2D eigenvalue weighted by atomic mass is 32.2. The number of nitrogens with one attached hydrogen (secondary N) is 1. The molecule has 0 bridgehead atoms. The van der Waals surface area contributed by atoms with Gasteiger partial charge in [-0.25, -0.2) is 12.8 Å². The van der Waals surface area contributed by atoms with Gasteiger partial charge in [0.2, 0.25) is 10.0 Å². The molecule has 1 fully saturated rings. The Kier molecular flexibility index (Phi) is 7.67. The molecular weight excluding hydrogens is 471 g/mol. The Hall–Kier alpha value is -3.43. The maximum Gasteiger partial charge on any atom is 0.255 e. The van der Waals surface area contributed by atoms with Crippen LogP contribution in [0.25, 0.3) is 0 Å². The first-order valence-electron chi connectivity index (χ1n) is 11.3. The predicted octanol–water partition coefficient (Wildman–Crippen LogP) is 4.00. The summed E-state index contributed by atoms with van der Waals surface area (Å²) in [5.41, 5.74) is 1.18. The van der Waals surface area contributed by atoms with Crippen molar-refractivity contribution in [1.29, 1.82) is 0 Å². The van der Waals surface area contributed by atoms with E-state index < -0.39 is 10.0 Å². The standard InChI is InChI=1S/C26H27FN2O5S/c1-33-22-10-12-23(13-11-22)35(31,32)29-16-14-21(15-17-29)28-26(30)24-4-2-3-5-25(24)34-18-19-6-8-20(27)9-7-19/h2-13,21H,14-18H2,1H3,(H,28,30). The van der Waals surface area contributed by atoms with Gasteiger partial charge in [0.15, 0.2) is 0 Å². The molecule has 1 N–H and O–H groups in total. The third kappa shape index (κ3) is 5.98. The molecule has 0 spiro atoms. The largest absolute Gasteiger partial charge is 0.497 e. The second-order valence-electron chi connectivity index (χ2n) is 8.24. The number of methoxy groups -OCH3 is 1. The van der Waals surface area contributed by atoms with Gasteiger partial charge in [0.25, 0.3) is 5.91 Å². The zero-order valence-electron chi connectivity index (χ0n) is 19.3. The molecule has 0 aromatic heterocycles. The second kappa shape index (κ2) is 10.9. The van der Waals surface area contributed by atoms with Gasteiger partial charge < -0.3 is 14.8 Å². The van der Waals surface area contributed by atoms with Gasteiger partial charge in [0.05, 0.1) is 17.6 Å². The fourth-order valence-corrected chi connectivity index (χ4v) is 5.39. The van der Waals surface area contributed by atoms with Gasteiger partial charge in [0.1, 0.15) is 23.9 Å². The molecule has 3 aromatic carbocycles. The highest BCUT2D eigenvalue weighted by molar-refractivity contribution is 7.89. The summed E-state index contributed by atoms with van der Waals surface area (Å²) >= 11 is 0. The number of benzene rings is 3. The molecule has 1 saturated heterocycles. The predicted molar refractivity (Wildman–Crippen MR) is 129 cm³/mol. The van der Waals surface area contributed by atoms with E-state index in [4.69, 9.17) is 9.47 Å². The lowest BCUT2D eigenvalue weighted by atomic mass is 10.1. The molecule has 35 heavy (non-hydrogen) atoms. The molecule has 0 unspecified atom stereocenters. The average Bonchev–Trinajstić information content (AvgIpc) is 2.89. The van der Waals surface area contributed by atoms with E-state index in [1.807, 2.05) is 0 Å². The Morgan fingerprint density at radius 2 is 1.66 bits per heavy atom. The molecule has 0 atom stereocenters. The Bertz CT molecular complexity index is 1260. The van der Waals surface area contributed by atoms with Gasteiger partial charge in [-0.05, 0) is 66.9 Å². The first-order valence-corrected chi connectivity index (χ1v) is 12.7. The van der Waals surface area contributed by atoms with Crippen LogP contribution in [0.4, 0.5) is 4.39 Å². The van der Waals surface area contributed by atoms with E-state index in [2.05, 4.69) is 5.32 Å². The molecule has 1 heterocycles. The summed E-state index contributed by atoms with van der Waals surface area (Å²) in [5.74, 6) is 0.411. The minimum Gasteiger partial charge on any atom is -0.497 e. The number of ether oxygens (including phenoxy) is 2. The Labute approximate surface area is 204 Å². The maximum absolute atomic E-state index is 13.1. The van der Waals surface area contributed by atoms with Crippen molar-refractivity contribution in [3.63, 3.8) is 0 Å². The SMILES string of the molecule is COc1ccc(S(=O)(=O)N2CCC(NC(=O)c3ccccc3OCc3ccc(F)cc3)CC2)cc1. The second-order valence-corrected chi connectivity index (χ2v) is 10.2. The van der Waals surface area contributed by atoms with Crippen LogP contribution in [0.2, 0.25) is 0 Å². The van der Waals surface area contributed by atoms with Gasteiger partial charge in [-0.3, -0.25) is 4.79 Å². The maximum atomic E-state index is 13.1. The van der Waals surface area contributed by atoms with Crippen LogP contribution in [0, 0.1) is 5.82 Å². The van der Waals surface area contributed by atoms with Gasteiger partial charge in [0, 0.05) is 19.1 Å². The number of amides is 1. The molecule has 1 aliphatic heterocycles. The van der Waals surface area contributed by atoms with Crippen molar-refractivity contribution >= 4 is 15.9 Å². The normalized spacial score (nSPS) is 14.9. The first kappa shape index (κ1) is 24.7. The monoisotopic (exact) mass is 498 g/mol. The number of hydrogen-bond acceptors (Lipinski definition) is 5. The van der Waals surface area contributed by atoms with Crippen molar-refractivity contribution in [2.45, 2.75) is 30.4 Å². The van der Waals surface area contributed by atoms with E-state index in [0.717, 1.165) is 5.56 Å². The molecule has 0 aliphatic carbocycles. The van der Waals surface area contributed by atoms with E-state index >= 15 is 0 Å². The van der Waals surface area contributed by atoms with Crippen LogP contribution >= 0.6 is 0 Å². The minimum absolute atomic E-state index is 0.157. The number of para-hydroxylation sites is 1. The van der Waals surface area contributed by atoms with Crippen LogP contribution in [0.1, 0.15) is 28.8 Å². The first-order chi connectivity index (χ1) is 16.9. The number of nitrogens with zero attached hydrogens (tertiary/aromatic N) is 1. The number of hydrogen-bond donors (Lipinski definition) is 1. The third-order valence-electron chi connectivity index (χ3n) is 5.93. The van der Waals surface area contributed by atoms with Crippen molar-refractivity contribution in [2.75, 3.05) is 20.2 Å². The van der Waals surface area contributed by atoms with E-state index in [-0.39, 0.29) is 29.3 Å². The zero-order valence-corrected chi connectivity index (χ0v) is 20.1. The average molecular weight is 499 g/mol. The van der Waals surface area contributed by atoms with E-state index in [9.17, 15) is 17.6 Å². The summed E-state index contributed by atoms with van der Waals surface area (Å²) in [6.45, 7) is 0.816. The highest BCUT2D eigenvalue weighted by Gasteiger charge is 2.30. The van der Waals surface area contributed by atoms with Crippen LogP contribution < -0.4 is 14.8 Å². The summed E-state index contributed by atoms with van der Waals surface area (Å²) in [7, 11) is -2.09. The quantitative estimate of drug-likeness (QED) is 0.508. The molecule has 0 radical (unpaired) electrons. The molecule has 3 aromatic rings. The summed E-state index contributed by atoms with van der Waals surface area (Å²) in [5, 5.41) is 3.00. The summed E-state index contributed by atoms with van der Waals surface area (Å²) in [6, 6.07) is 19.1. The van der Waals surface area contributed by atoms with E-state index in [0.29, 0.717) is 43.0 Å². The molecule has 4 rings (SSSR count). The lowest BCUT2D eigenvalue weighted by Gasteiger charge is -2.31. The summed E-state index contributed by atoms with van der Waals surface area (Å²) in [4.78, 5) is 13.2. The fraction of sp³-hybridized carbons (Fsp3) is 0.269. The van der Waals surface area contributed by atoms with Gasteiger partial charge in [-0.1, -0.05) is 24.3 Å². The lowest BCUT2D eigenvalue weighted by molar-refractivity contribution is 0.0919. The molecular formula is C26H27FN2O5S. The number of sulfonamides is 1. The third-order valence-corrected chi connectivity index (χ3v) is 7.84. The molecule has 1 amide bonds. The molecule has 0 saturated carbocycles. The summed E-state index contributed by atoms with van der Waals surface area (Å²) in [6.07, 6.45) is 0.999. The number of rotatable bonds is 8. The number of carbonyl (C=O) groups excluding carboxylic acids is 1. The summed E-state index contributed by atoms with van der Waals surface area (Å²) < 4.78 is 51.4. The van der Waals surface area contributed by atoms with Crippen molar-refractivity contribution in [3.8, 4) is 11.5 Å². The van der Waals surface area contributed by atoms with Crippen LogP contribution in [0.3, 0.4) is 0 Å². The van der Waals surface area contributed by atoms with Gasteiger partial charge in [-0.15, -0.1) is 0 Å². The number of piperidine rings is 1. The number of carbonyl (C=O) groups is 1. The molecule has 184 valence electrons. The van der Waals surface area contributed by atoms with E-state index in [1.54, 1.807) is 48.5 Å². The van der Waals surface area contributed by atoms with Gasteiger partial charge >= 0.3 is 0 Å². The molecule has 9 heteroatoms. The molecule has 7 nitrogen and oxygen atoms in total. The molecule has 1 aliphatic rings. The van der Waals surface area contributed by atoms with E-state index in [1.165, 1.54) is 35.7 Å². The van der Waals surface area contributed by atoms with Crippen LogP contribution in [-0.2, 0) is 16.6 Å². The lowest BCUT2D eigenvalue weighted by Crippen LogP contribution is -2.46. The van der Waals surface area contributed by atoms with Gasteiger partial charge in [-0.2, -0.15) is 4.31 Å². The van der Waals surface area contributed by atoms with Crippen LogP contribution in [0.15, 0.2) is 77.7 Å². The van der Waals surface area contributed by atoms with Crippen LogP contribution in [0.5, 0.6) is 11.5 Å². The van der Waals surface area contributed by atoms with Crippen molar-refractivity contribution in [2.24, 2.45) is 0 Å². The number of halogens is 1. The van der Waals surface area contributed by atoms with Crippen molar-refractivity contribution in [3.05, 3.63) is 89.7 Å². The Balaban J connectivity index is 1.34.